The molecule has 4 nitrogen and oxygen atoms in total. The lowest BCUT2D eigenvalue weighted by Gasteiger charge is -2.09. The molecule has 0 saturated heterocycles. The molecule has 0 spiro atoms. The van der Waals surface area contributed by atoms with Gasteiger partial charge in [-0.3, -0.25) is 0 Å². The van der Waals surface area contributed by atoms with E-state index in [4.69, 9.17) is 15.0 Å². The minimum atomic E-state index is 0.666. The van der Waals surface area contributed by atoms with Gasteiger partial charge in [0.15, 0.2) is 17.5 Å². The summed E-state index contributed by atoms with van der Waals surface area (Å²) in [5, 5.41) is 7.58. The van der Waals surface area contributed by atoms with Gasteiger partial charge in [0.05, 0.1) is 11.0 Å². The second-order valence-electron chi connectivity index (χ2n) is 14.4. The van der Waals surface area contributed by atoms with E-state index >= 15 is 0 Å². The van der Waals surface area contributed by atoms with Gasteiger partial charge < -0.3 is 4.57 Å². The number of aromatic nitrogens is 4. The summed E-state index contributed by atoms with van der Waals surface area (Å²) in [5.41, 5.74) is 9.00. The first-order valence-corrected chi connectivity index (χ1v) is 20.6. The molecule has 0 fully saturated rings. The Hall–Kier alpha value is -6.99. The molecule has 266 valence electrons. The summed E-state index contributed by atoms with van der Waals surface area (Å²) in [4.78, 5) is 15.0. The summed E-state index contributed by atoms with van der Waals surface area (Å²) in [6, 6.07) is 65.0. The average molecular weight is 763 g/mol. The minimum Gasteiger partial charge on any atom is -0.309 e. The maximum atomic E-state index is 5.06. The van der Waals surface area contributed by atoms with Crippen LogP contribution in [-0.2, 0) is 0 Å². The predicted molar refractivity (Wildman–Crippen MR) is 242 cm³/mol. The lowest BCUT2D eigenvalue weighted by atomic mass is 10.0. The number of nitrogens with zero attached hydrogens (tertiary/aromatic N) is 4. The number of hydrogen-bond donors (Lipinski definition) is 0. The van der Waals surface area contributed by atoms with Gasteiger partial charge in [-0.2, -0.15) is 0 Å². The molecule has 0 amide bonds. The van der Waals surface area contributed by atoms with Gasteiger partial charge in [0.2, 0.25) is 0 Å². The van der Waals surface area contributed by atoms with Crippen molar-refractivity contribution in [2.75, 3.05) is 0 Å². The van der Waals surface area contributed by atoms with Gasteiger partial charge in [0, 0.05) is 73.5 Å². The zero-order valence-corrected chi connectivity index (χ0v) is 32.1. The fourth-order valence-corrected chi connectivity index (χ4v) is 10.7. The average Bonchev–Trinajstić information content (AvgIpc) is 3.95. The van der Waals surface area contributed by atoms with E-state index in [0.29, 0.717) is 17.5 Å². The first-order chi connectivity index (χ1) is 28.2. The molecular formula is C51H30N4S2. The summed E-state index contributed by atoms with van der Waals surface area (Å²) >= 11 is 3.66. The predicted octanol–water partition coefficient (Wildman–Crippen LogP) is 14.4. The zero-order valence-electron chi connectivity index (χ0n) is 30.4. The Morgan fingerprint density at radius 3 is 1.61 bits per heavy atom. The summed E-state index contributed by atoms with van der Waals surface area (Å²) in [6.45, 7) is 0. The van der Waals surface area contributed by atoms with Crippen molar-refractivity contribution in [3.63, 3.8) is 0 Å². The van der Waals surface area contributed by atoms with Crippen LogP contribution in [0.1, 0.15) is 0 Å². The van der Waals surface area contributed by atoms with Crippen LogP contribution in [0.4, 0.5) is 0 Å². The molecule has 12 aromatic rings. The molecule has 4 heterocycles. The second-order valence-corrected chi connectivity index (χ2v) is 16.5. The van der Waals surface area contributed by atoms with Gasteiger partial charge in [-0.15, -0.1) is 22.7 Å². The van der Waals surface area contributed by atoms with Crippen LogP contribution in [0, 0.1) is 0 Å². The molecule has 0 aliphatic heterocycles. The molecule has 0 aliphatic carbocycles. The number of hydrogen-bond acceptors (Lipinski definition) is 5. The fraction of sp³-hybridized carbons (Fsp3) is 0. The Balaban J connectivity index is 0.956. The standard InChI is InChI=1S/C51H30N4S2/c1-3-12-31(13-4-1)49-52-50(32-14-5-2-6-15-32)54-51(53-49)40-19-11-18-39-41-28-33(23-26-46(41)57-48(39)40)34-22-25-38-42-30-35(24-27-45(42)56-47(38)29-34)55-43-20-9-7-16-36(43)37-17-8-10-21-44(37)55/h1-30H. The molecule has 0 saturated carbocycles. The van der Waals surface area contributed by atoms with E-state index in [1.54, 1.807) is 11.3 Å². The molecule has 0 bridgehead atoms. The topological polar surface area (TPSA) is 43.6 Å². The zero-order chi connectivity index (χ0) is 37.5. The number of benzene rings is 8. The van der Waals surface area contributed by atoms with E-state index in [-0.39, 0.29) is 0 Å². The summed E-state index contributed by atoms with van der Waals surface area (Å²) < 4.78 is 7.40. The highest BCUT2D eigenvalue weighted by molar-refractivity contribution is 7.26. The quantitative estimate of drug-likeness (QED) is 0.175. The van der Waals surface area contributed by atoms with Crippen molar-refractivity contribution < 1.29 is 0 Å². The normalized spacial score (nSPS) is 11.9. The lowest BCUT2D eigenvalue weighted by Crippen LogP contribution is -2.00. The summed E-state index contributed by atoms with van der Waals surface area (Å²) in [7, 11) is 0. The van der Waals surface area contributed by atoms with Gasteiger partial charge in [0.25, 0.3) is 0 Å². The van der Waals surface area contributed by atoms with Gasteiger partial charge in [0.1, 0.15) is 0 Å². The Labute approximate surface area is 335 Å². The lowest BCUT2D eigenvalue weighted by molar-refractivity contribution is 1.08. The fourth-order valence-electron chi connectivity index (χ4n) is 8.37. The van der Waals surface area contributed by atoms with Crippen molar-refractivity contribution in [3.8, 4) is 51.0 Å². The molecule has 0 radical (unpaired) electrons. The smallest absolute Gasteiger partial charge is 0.165 e. The number of thiophene rings is 2. The van der Waals surface area contributed by atoms with Gasteiger partial charge in [-0.1, -0.05) is 127 Å². The van der Waals surface area contributed by atoms with Crippen LogP contribution < -0.4 is 0 Å². The number of para-hydroxylation sites is 2. The van der Waals surface area contributed by atoms with Crippen LogP contribution in [0.5, 0.6) is 0 Å². The van der Waals surface area contributed by atoms with Crippen molar-refractivity contribution in [1.82, 2.24) is 19.5 Å². The Bertz CT molecular complexity index is 3410. The Kier molecular flexibility index (Phi) is 7.24. The highest BCUT2D eigenvalue weighted by Gasteiger charge is 2.18. The highest BCUT2D eigenvalue weighted by atomic mass is 32.1. The first kappa shape index (κ1) is 32.3. The van der Waals surface area contributed by atoms with Crippen molar-refractivity contribution in [2.45, 2.75) is 0 Å². The van der Waals surface area contributed by atoms with E-state index in [2.05, 4.69) is 150 Å². The SMILES string of the molecule is c1ccc(-c2nc(-c3ccccc3)nc(-c3cccc4c3sc3ccc(-c5ccc6c(c5)sc5ccc(-n7c8ccccc8c8ccccc87)cc56)cc34)n2)cc1. The van der Waals surface area contributed by atoms with Crippen LogP contribution in [0.25, 0.3) is 113 Å². The van der Waals surface area contributed by atoms with Crippen LogP contribution in [0.2, 0.25) is 0 Å². The molecule has 8 aromatic carbocycles. The van der Waals surface area contributed by atoms with E-state index in [1.165, 1.54) is 79.0 Å². The Morgan fingerprint density at radius 2 is 0.895 bits per heavy atom. The number of rotatable bonds is 5. The third-order valence-corrected chi connectivity index (χ3v) is 13.4. The van der Waals surface area contributed by atoms with Gasteiger partial charge >= 0.3 is 0 Å². The van der Waals surface area contributed by atoms with Gasteiger partial charge in [-0.05, 0) is 65.7 Å². The van der Waals surface area contributed by atoms with Crippen LogP contribution >= 0.6 is 22.7 Å². The third kappa shape index (κ3) is 5.22. The van der Waals surface area contributed by atoms with Crippen LogP contribution in [0.15, 0.2) is 182 Å². The molecule has 0 N–H and O–H groups in total. The van der Waals surface area contributed by atoms with E-state index in [1.807, 2.05) is 47.7 Å². The number of fused-ring (bicyclic) bond motifs is 9. The largest absolute Gasteiger partial charge is 0.309 e. The minimum absolute atomic E-state index is 0.666. The third-order valence-electron chi connectivity index (χ3n) is 11.1. The summed E-state index contributed by atoms with van der Waals surface area (Å²) in [5.74, 6) is 2.01. The van der Waals surface area contributed by atoms with Crippen LogP contribution in [-0.4, -0.2) is 19.5 Å². The second kappa shape index (κ2) is 12.8. The molecule has 6 heteroatoms. The van der Waals surface area contributed by atoms with Crippen LogP contribution in [0.3, 0.4) is 0 Å². The maximum Gasteiger partial charge on any atom is 0.165 e. The maximum absolute atomic E-state index is 5.06. The monoisotopic (exact) mass is 762 g/mol. The van der Waals surface area contributed by atoms with Gasteiger partial charge in [-0.25, -0.2) is 15.0 Å². The van der Waals surface area contributed by atoms with E-state index in [0.717, 1.165) is 16.7 Å². The molecule has 4 aromatic heterocycles. The molecule has 57 heavy (non-hydrogen) atoms. The molecule has 12 rings (SSSR count). The summed E-state index contributed by atoms with van der Waals surface area (Å²) in [6.07, 6.45) is 0. The highest BCUT2D eigenvalue weighted by Crippen LogP contribution is 2.43. The van der Waals surface area contributed by atoms with Crippen molar-refractivity contribution in [3.05, 3.63) is 182 Å². The Morgan fingerprint density at radius 1 is 0.333 bits per heavy atom. The molecule has 0 aliphatic rings. The molecule has 0 unspecified atom stereocenters. The van der Waals surface area contributed by atoms with Crippen molar-refractivity contribution in [2.24, 2.45) is 0 Å². The van der Waals surface area contributed by atoms with Crippen molar-refractivity contribution >= 4 is 84.8 Å². The van der Waals surface area contributed by atoms with Crippen molar-refractivity contribution in [1.29, 1.82) is 0 Å². The molecule has 0 atom stereocenters. The molecular weight excluding hydrogens is 733 g/mol. The first-order valence-electron chi connectivity index (χ1n) is 19.0. The van der Waals surface area contributed by atoms with E-state index < -0.39 is 0 Å². The van der Waals surface area contributed by atoms with E-state index in [9.17, 15) is 0 Å².